The number of nitrogens with zero attached hydrogens (tertiary/aromatic N) is 6. The number of rotatable bonds is 11. The van der Waals surface area contributed by atoms with E-state index in [1.165, 1.54) is 0 Å². The van der Waals surface area contributed by atoms with E-state index in [-0.39, 0.29) is 17.5 Å². The maximum Gasteiger partial charge on any atom is 0.335 e. The molecule has 0 saturated carbocycles. The molecular weight excluding hydrogens is 763 g/mol. The predicted molar refractivity (Wildman–Crippen MR) is 226 cm³/mol. The number of aromatic nitrogens is 4. The summed E-state index contributed by atoms with van der Waals surface area (Å²) in [7, 11) is 1.93. The van der Waals surface area contributed by atoms with Crippen LogP contribution in [0.15, 0.2) is 48.7 Å². The Morgan fingerprint density at radius 3 is 2.39 bits per heavy atom. The number of halogens is 2. The summed E-state index contributed by atoms with van der Waals surface area (Å²) >= 11 is 13.6. The molecule has 1 saturated heterocycles. The fourth-order valence-electron chi connectivity index (χ4n) is 8.82. The van der Waals surface area contributed by atoms with Crippen molar-refractivity contribution in [3.8, 4) is 16.9 Å². The number of hydrogen-bond acceptors (Lipinski definition) is 6. The Morgan fingerprint density at radius 2 is 1.70 bits per heavy atom. The Balaban J connectivity index is 1.23. The monoisotopic (exact) mass is 810 g/mol. The van der Waals surface area contributed by atoms with E-state index in [0.717, 1.165) is 97.1 Å². The van der Waals surface area contributed by atoms with E-state index in [2.05, 4.69) is 21.0 Å². The largest absolute Gasteiger partial charge is 0.494 e. The maximum atomic E-state index is 15.3. The zero-order chi connectivity index (χ0) is 40.3. The van der Waals surface area contributed by atoms with E-state index < -0.39 is 5.97 Å². The van der Waals surface area contributed by atoms with Crippen molar-refractivity contribution in [2.24, 2.45) is 7.05 Å². The number of carboxylic acid groups (broad SMARTS) is 1. The molecule has 3 aromatic carbocycles. The maximum absolute atomic E-state index is 15.3. The Hall–Kier alpha value is -4.81. The molecule has 1 atom stereocenters. The van der Waals surface area contributed by atoms with E-state index in [1.807, 2.05) is 80.9 Å². The van der Waals surface area contributed by atoms with Crippen LogP contribution in [0.25, 0.3) is 32.9 Å². The molecule has 0 radical (unpaired) electrons. The average molecular weight is 812 g/mol. The Kier molecular flexibility index (Phi) is 10.6. The lowest BCUT2D eigenvalue weighted by molar-refractivity contribution is 0.0365. The molecule has 57 heavy (non-hydrogen) atoms. The average Bonchev–Trinajstić information content (AvgIpc) is 3.81. The van der Waals surface area contributed by atoms with Crippen molar-refractivity contribution in [3.05, 3.63) is 98.0 Å². The molecule has 13 heteroatoms. The van der Waals surface area contributed by atoms with Gasteiger partial charge in [0, 0.05) is 84.6 Å². The van der Waals surface area contributed by atoms with Crippen molar-refractivity contribution in [1.82, 2.24) is 23.8 Å². The Morgan fingerprint density at radius 1 is 0.982 bits per heavy atom. The van der Waals surface area contributed by atoms with Crippen LogP contribution in [-0.2, 0) is 24.8 Å². The highest BCUT2D eigenvalue weighted by atomic mass is 35.5. The number of aromatic carboxylic acids is 1. The van der Waals surface area contributed by atoms with Crippen LogP contribution in [-0.4, -0.2) is 86.8 Å². The van der Waals surface area contributed by atoms with Gasteiger partial charge in [0.1, 0.15) is 11.4 Å². The first-order chi connectivity index (χ1) is 27.3. The molecule has 1 fully saturated rings. The zero-order valence-corrected chi connectivity index (χ0v) is 34.8. The number of aryl methyl sites for hydroxylation is 5. The lowest BCUT2D eigenvalue weighted by atomic mass is 9.98. The van der Waals surface area contributed by atoms with Gasteiger partial charge in [0.25, 0.3) is 5.91 Å². The molecule has 2 aliphatic heterocycles. The molecule has 3 aromatic heterocycles. The van der Waals surface area contributed by atoms with Crippen molar-refractivity contribution in [3.63, 3.8) is 0 Å². The third-order valence-electron chi connectivity index (χ3n) is 11.7. The Labute approximate surface area is 342 Å². The minimum Gasteiger partial charge on any atom is -0.494 e. The van der Waals surface area contributed by atoms with Crippen LogP contribution in [0.5, 0.6) is 5.75 Å². The molecular formula is C44H48Cl2N6O5. The first kappa shape index (κ1) is 39.0. The molecule has 0 bridgehead atoms. The van der Waals surface area contributed by atoms with Crippen molar-refractivity contribution in [1.29, 1.82) is 0 Å². The number of benzene rings is 3. The minimum absolute atomic E-state index is 0.111. The number of fused-ring (bicyclic) bond motifs is 4. The van der Waals surface area contributed by atoms with Gasteiger partial charge in [0.2, 0.25) is 0 Å². The number of hydrogen-bond donors (Lipinski definition) is 1. The second-order valence-electron chi connectivity index (χ2n) is 15.5. The molecule has 5 heterocycles. The normalized spacial score (nSPS) is 16.2. The summed E-state index contributed by atoms with van der Waals surface area (Å²) in [4.78, 5) is 31.7. The van der Waals surface area contributed by atoms with E-state index in [9.17, 15) is 9.90 Å². The topological polar surface area (TPSA) is 107 Å². The summed E-state index contributed by atoms with van der Waals surface area (Å²) in [5.41, 5.74) is 9.88. The predicted octanol–water partition coefficient (Wildman–Crippen LogP) is 8.80. The van der Waals surface area contributed by atoms with E-state index in [1.54, 1.807) is 12.1 Å². The second-order valence-corrected chi connectivity index (χ2v) is 16.3. The van der Waals surface area contributed by atoms with Gasteiger partial charge in [-0.25, -0.2) is 4.79 Å². The van der Waals surface area contributed by atoms with Crippen molar-refractivity contribution in [2.75, 3.05) is 50.9 Å². The van der Waals surface area contributed by atoms with Crippen LogP contribution >= 0.6 is 23.2 Å². The van der Waals surface area contributed by atoms with Crippen LogP contribution < -0.4 is 9.64 Å². The number of anilines is 1. The van der Waals surface area contributed by atoms with Crippen LogP contribution in [0.4, 0.5) is 5.69 Å². The molecule has 298 valence electrons. The molecule has 0 aliphatic carbocycles. The quantitative estimate of drug-likeness (QED) is 0.130. The summed E-state index contributed by atoms with van der Waals surface area (Å²) in [5, 5.41) is 17.8. The number of carbonyl (C=O) groups excluding carboxylic acids is 1. The number of carbonyl (C=O) groups is 2. The smallest absolute Gasteiger partial charge is 0.335 e. The first-order valence-electron chi connectivity index (χ1n) is 19.6. The lowest BCUT2D eigenvalue weighted by Gasteiger charge is -2.34. The highest BCUT2D eigenvalue weighted by Gasteiger charge is 2.38. The van der Waals surface area contributed by atoms with Gasteiger partial charge in [0.15, 0.2) is 0 Å². The molecule has 0 unspecified atom stereocenters. The van der Waals surface area contributed by atoms with Gasteiger partial charge < -0.3 is 28.6 Å². The fraction of sp³-hybridized carbons (Fsp3) is 0.386. The van der Waals surface area contributed by atoms with Gasteiger partial charge in [-0.2, -0.15) is 5.10 Å². The van der Waals surface area contributed by atoms with Crippen LogP contribution in [0.2, 0.25) is 10.0 Å². The number of amides is 1. The molecule has 2 aliphatic rings. The molecule has 11 nitrogen and oxygen atoms in total. The highest BCUT2D eigenvalue weighted by molar-refractivity contribution is 6.35. The summed E-state index contributed by atoms with van der Waals surface area (Å²) in [5.74, 6) is -0.336. The van der Waals surface area contributed by atoms with Gasteiger partial charge in [-0.3, -0.25) is 14.4 Å². The molecule has 6 aromatic rings. The van der Waals surface area contributed by atoms with Gasteiger partial charge >= 0.3 is 5.97 Å². The Bertz CT molecular complexity index is 2540. The second kappa shape index (κ2) is 15.5. The van der Waals surface area contributed by atoms with Crippen LogP contribution in [0.3, 0.4) is 0 Å². The van der Waals surface area contributed by atoms with Crippen molar-refractivity contribution >= 4 is 62.6 Å². The van der Waals surface area contributed by atoms with Gasteiger partial charge in [-0.15, -0.1) is 0 Å². The van der Waals surface area contributed by atoms with Crippen molar-refractivity contribution < 1.29 is 24.2 Å². The SMILES string of the molecule is Cc1cc(OCCCc2c3n(c4c(-c5c(C)nn(C)c5C)c(Cl)ccc24)[C@H](C)CN(c2cn(CCN4CCOCC4)c4cc(C(=O)O)ccc24)C3=O)cc(C)c1Cl. The van der Waals surface area contributed by atoms with Gasteiger partial charge in [-0.05, 0) is 101 Å². The fourth-order valence-corrected chi connectivity index (χ4v) is 9.17. The van der Waals surface area contributed by atoms with Gasteiger partial charge in [0.05, 0.1) is 52.8 Å². The summed E-state index contributed by atoms with van der Waals surface area (Å²) in [6.45, 7) is 15.5. The molecule has 8 rings (SSSR count). The minimum atomic E-state index is -0.991. The molecule has 1 N–H and O–H groups in total. The summed E-state index contributed by atoms with van der Waals surface area (Å²) in [6.07, 6.45) is 3.27. The van der Waals surface area contributed by atoms with E-state index in [4.69, 9.17) is 37.8 Å². The lowest BCUT2D eigenvalue weighted by Crippen LogP contribution is -2.42. The first-order valence-corrected chi connectivity index (χ1v) is 20.3. The number of carboxylic acids is 1. The summed E-state index contributed by atoms with van der Waals surface area (Å²) < 4.78 is 18.0. The number of ether oxygens (including phenoxy) is 2. The van der Waals surface area contributed by atoms with E-state index >= 15 is 4.79 Å². The van der Waals surface area contributed by atoms with E-state index in [0.29, 0.717) is 56.5 Å². The standard InChI is InChI=1S/C44H48Cl2N6O5/c1-25-20-31(21-26(2)40(25)46)57-17-7-8-32-33-11-12-35(45)39(38-28(4)47-48(6)29(38)5)41(33)52-27(3)23-51(43(53)42(32)52)37-24-50(14-13-49-15-18-56-19-16-49)36-22-30(44(54)55)9-10-34(36)37/h9-12,20-22,24,27H,7-8,13-19,23H2,1-6H3,(H,54,55)/t27-/m1/s1. The zero-order valence-electron chi connectivity index (χ0n) is 33.3. The molecule has 0 spiro atoms. The third kappa shape index (κ3) is 6.98. The molecule has 1 amide bonds. The third-order valence-corrected chi connectivity index (χ3v) is 12.6. The summed E-state index contributed by atoms with van der Waals surface area (Å²) in [6, 6.07) is 12.9. The van der Waals surface area contributed by atoms with Crippen LogP contribution in [0.1, 0.15) is 68.3 Å². The van der Waals surface area contributed by atoms with Gasteiger partial charge in [-0.1, -0.05) is 29.3 Å². The van der Waals surface area contributed by atoms with Crippen LogP contribution in [0, 0.1) is 27.7 Å². The van der Waals surface area contributed by atoms with Crippen molar-refractivity contribution in [2.45, 2.75) is 60.0 Å². The highest BCUT2D eigenvalue weighted by Crippen LogP contribution is 2.46. The number of morpholine rings is 1.